The molecule has 10 heteroatoms. The summed E-state index contributed by atoms with van der Waals surface area (Å²) in [5.41, 5.74) is 0.333. The summed E-state index contributed by atoms with van der Waals surface area (Å²) >= 11 is 0. The Balaban J connectivity index is 2.31. The minimum absolute atomic E-state index is 0.197. The molecule has 1 aromatic rings. The van der Waals surface area contributed by atoms with Crippen LogP contribution in [0.1, 0.15) is 17.3 Å². The van der Waals surface area contributed by atoms with Gasteiger partial charge >= 0.3 is 0 Å². The zero-order chi connectivity index (χ0) is 19.3. The number of aliphatic hydroxyl groups is 2. The third-order valence-corrected chi connectivity index (χ3v) is 4.38. The number of amides is 1. The lowest BCUT2D eigenvalue weighted by molar-refractivity contribution is -0.263. The van der Waals surface area contributed by atoms with Gasteiger partial charge in [-0.15, -0.1) is 0 Å². The lowest BCUT2D eigenvalue weighted by Gasteiger charge is -2.43. The highest BCUT2D eigenvalue weighted by Gasteiger charge is 2.48. The molecule has 0 radical (unpaired) electrons. The van der Waals surface area contributed by atoms with Crippen LogP contribution in [0, 0.1) is 0 Å². The number of hydrogen-bond donors (Lipinski definition) is 3. The molecule has 0 unspecified atom stereocenters. The minimum Gasteiger partial charge on any atom is -0.394 e. The Morgan fingerprint density at radius 2 is 1.96 bits per heavy atom. The topological polar surface area (TPSA) is 131 Å². The van der Waals surface area contributed by atoms with Gasteiger partial charge in [0.25, 0.3) is 16.0 Å². The first-order valence-electron chi connectivity index (χ1n) is 8.07. The minimum atomic E-state index is -3.96. The molecule has 1 heterocycles. The monoisotopic (exact) mass is 389 g/mol. The lowest BCUT2D eigenvalue weighted by atomic mass is 9.96. The van der Waals surface area contributed by atoms with Gasteiger partial charge in [0.2, 0.25) is 0 Å². The SMILES string of the molecule is CCO[C@@H]1O[C@H](CO)[C@@H](O)[C@@H](OS(C)(=O)=O)[C@@H]1NC(=O)c1ccccc1. The highest BCUT2D eigenvalue weighted by Crippen LogP contribution is 2.26. The second-order valence-corrected chi connectivity index (χ2v) is 7.40. The van der Waals surface area contributed by atoms with Crippen LogP contribution in [0.5, 0.6) is 0 Å². The van der Waals surface area contributed by atoms with Gasteiger partial charge in [-0.3, -0.25) is 8.98 Å². The molecule has 3 N–H and O–H groups in total. The molecular formula is C16H23NO8S. The fourth-order valence-corrected chi connectivity index (χ4v) is 3.30. The first-order chi connectivity index (χ1) is 12.3. The Morgan fingerprint density at radius 1 is 1.31 bits per heavy atom. The molecule has 1 saturated heterocycles. The van der Waals surface area contributed by atoms with Gasteiger partial charge in [0, 0.05) is 12.2 Å². The molecule has 0 bridgehead atoms. The average molecular weight is 389 g/mol. The van der Waals surface area contributed by atoms with Crippen molar-refractivity contribution in [3.63, 3.8) is 0 Å². The molecule has 0 saturated carbocycles. The van der Waals surface area contributed by atoms with E-state index in [1.165, 1.54) is 0 Å². The van der Waals surface area contributed by atoms with Crippen LogP contribution in [-0.4, -0.2) is 74.7 Å². The summed E-state index contributed by atoms with van der Waals surface area (Å²) in [6.07, 6.45) is -4.29. The number of aliphatic hydroxyl groups excluding tert-OH is 2. The van der Waals surface area contributed by atoms with Crippen molar-refractivity contribution < 1.29 is 37.1 Å². The van der Waals surface area contributed by atoms with Crippen LogP contribution in [0.15, 0.2) is 30.3 Å². The maximum Gasteiger partial charge on any atom is 0.264 e. The quantitative estimate of drug-likeness (QED) is 0.519. The number of nitrogens with one attached hydrogen (secondary N) is 1. The summed E-state index contributed by atoms with van der Waals surface area (Å²) in [5.74, 6) is -0.513. The van der Waals surface area contributed by atoms with Crippen molar-refractivity contribution in [2.45, 2.75) is 37.6 Å². The van der Waals surface area contributed by atoms with E-state index in [2.05, 4.69) is 5.32 Å². The van der Waals surface area contributed by atoms with Crippen LogP contribution in [0.25, 0.3) is 0 Å². The molecule has 5 atom stereocenters. The molecule has 146 valence electrons. The molecule has 1 aliphatic rings. The highest BCUT2D eigenvalue weighted by molar-refractivity contribution is 7.86. The molecule has 0 aromatic heterocycles. The Bertz CT molecular complexity index is 695. The van der Waals surface area contributed by atoms with Gasteiger partial charge in [0.1, 0.15) is 24.4 Å². The van der Waals surface area contributed by atoms with Crippen molar-refractivity contribution in [2.24, 2.45) is 0 Å². The van der Waals surface area contributed by atoms with Crippen molar-refractivity contribution >= 4 is 16.0 Å². The van der Waals surface area contributed by atoms with Crippen LogP contribution in [-0.2, 0) is 23.8 Å². The Hall–Kier alpha value is -1.56. The van der Waals surface area contributed by atoms with Crippen LogP contribution >= 0.6 is 0 Å². The third kappa shape index (κ3) is 5.22. The summed E-state index contributed by atoms with van der Waals surface area (Å²) in [5, 5.41) is 22.3. The van der Waals surface area contributed by atoms with Crippen molar-refractivity contribution in [3.8, 4) is 0 Å². The molecule has 0 aliphatic carbocycles. The molecule has 26 heavy (non-hydrogen) atoms. The van der Waals surface area contributed by atoms with Crippen molar-refractivity contribution in [1.82, 2.24) is 5.32 Å². The van der Waals surface area contributed by atoms with Crippen molar-refractivity contribution in [3.05, 3.63) is 35.9 Å². The second-order valence-electron chi connectivity index (χ2n) is 5.80. The number of carbonyl (C=O) groups excluding carboxylic acids is 1. The second kappa shape index (κ2) is 8.89. The van der Waals surface area contributed by atoms with E-state index in [9.17, 15) is 23.4 Å². The average Bonchev–Trinajstić information content (AvgIpc) is 2.60. The summed E-state index contributed by atoms with van der Waals surface area (Å²) in [6, 6.07) is 7.13. The van der Waals surface area contributed by atoms with E-state index >= 15 is 0 Å². The van der Waals surface area contributed by atoms with Crippen LogP contribution in [0.2, 0.25) is 0 Å². The summed E-state index contributed by atoms with van der Waals surface area (Å²) in [7, 11) is -3.96. The Kier molecular flexibility index (Phi) is 7.09. The van der Waals surface area contributed by atoms with Gasteiger partial charge in [-0.2, -0.15) is 8.42 Å². The van der Waals surface area contributed by atoms with E-state index in [0.717, 1.165) is 6.26 Å². The zero-order valence-corrected chi connectivity index (χ0v) is 15.3. The lowest BCUT2D eigenvalue weighted by Crippen LogP contribution is -2.65. The molecule has 2 rings (SSSR count). The van der Waals surface area contributed by atoms with Gasteiger partial charge in [-0.1, -0.05) is 18.2 Å². The molecule has 1 aromatic carbocycles. The molecule has 0 spiro atoms. The normalized spacial score (nSPS) is 29.3. The molecule has 1 amide bonds. The first-order valence-corrected chi connectivity index (χ1v) is 9.88. The number of ether oxygens (including phenoxy) is 2. The highest BCUT2D eigenvalue weighted by atomic mass is 32.2. The Labute approximate surface area is 152 Å². The van der Waals surface area contributed by atoms with Gasteiger partial charge in [0.15, 0.2) is 6.29 Å². The van der Waals surface area contributed by atoms with Crippen LogP contribution in [0.3, 0.4) is 0 Å². The smallest absolute Gasteiger partial charge is 0.264 e. The standard InChI is InChI=1S/C16H23NO8S/c1-3-23-16-12(17-15(20)10-7-5-4-6-8-10)14(25-26(2,21)22)13(19)11(9-18)24-16/h4-8,11-14,16,18-19H,3,9H2,1-2H3,(H,17,20)/t11-,12+,13-,14+,16-/m1/s1. The van der Waals surface area contributed by atoms with E-state index in [1.807, 2.05) is 0 Å². The fraction of sp³-hybridized carbons (Fsp3) is 0.562. The Morgan fingerprint density at radius 3 is 2.50 bits per heavy atom. The first kappa shape index (κ1) is 20.7. The number of hydrogen-bond acceptors (Lipinski definition) is 8. The van der Waals surface area contributed by atoms with Crippen molar-refractivity contribution in [1.29, 1.82) is 0 Å². The molecule has 9 nitrogen and oxygen atoms in total. The van der Waals surface area contributed by atoms with Gasteiger partial charge in [-0.05, 0) is 19.1 Å². The fourth-order valence-electron chi connectivity index (χ4n) is 2.67. The number of benzene rings is 1. The van der Waals surface area contributed by atoms with Gasteiger partial charge in [-0.25, -0.2) is 0 Å². The third-order valence-electron chi connectivity index (χ3n) is 3.80. The molecule has 1 aliphatic heterocycles. The van der Waals surface area contributed by atoms with E-state index in [1.54, 1.807) is 37.3 Å². The van der Waals surface area contributed by atoms with Gasteiger partial charge < -0.3 is 25.0 Å². The maximum atomic E-state index is 12.5. The molecular weight excluding hydrogens is 366 g/mol. The zero-order valence-electron chi connectivity index (χ0n) is 14.4. The predicted molar refractivity (Wildman–Crippen MR) is 90.8 cm³/mol. The van der Waals surface area contributed by atoms with E-state index in [0.29, 0.717) is 5.56 Å². The predicted octanol–water partition coefficient (Wildman–Crippen LogP) is -0.756. The summed E-state index contributed by atoms with van der Waals surface area (Å²) < 4.78 is 39.1. The van der Waals surface area contributed by atoms with E-state index < -0.39 is 53.3 Å². The maximum absolute atomic E-state index is 12.5. The van der Waals surface area contributed by atoms with E-state index in [4.69, 9.17) is 13.7 Å². The van der Waals surface area contributed by atoms with E-state index in [-0.39, 0.29) is 6.61 Å². The van der Waals surface area contributed by atoms with Crippen LogP contribution < -0.4 is 5.32 Å². The number of rotatable bonds is 7. The summed E-state index contributed by atoms with van der Waals surface area (Å²) in [6.45, 7) is 1.31. The largest absolute Gasteiger partial charge is 0.394 e. The summed E-state index contributed by atoms with van der Waals surface area (Å²) in [4.78, 5) is 12.5. The molecule has 1 fully saturated rings. The number of carbonyl (C=O) groups is 1. The van der Waals surface area contributed by atoms with Gasteiger partial charge in [0.05, 0.1) is 12.9 Å². The van der Waals surface area contributed by atoms with Crippen LogP contribution in [0.4, 0.5) is 0 Å². The van der Waals surface area contributed by atoms with Crippen molar-refractivity contribution in [2.75, 3.05) is 19.5 Å².